The van der Waals surface area contributed by atoms with Crippen LogP contribution < -0.4 is 5.73 Å². The van der Waals surface area contributed by atoms with Gasteiger partial charge in [0.1, 0.15) is 5.82 Å². The Morgan fingerprint density at radius 1 is 1.47 bits per heavy atom. The van der Waals surface area contributed by atoms with Crippen molar-refractivity contribution < 1.29 is 9.90 Å². The van der Waals surface area contributed by atoms with Gasteiger partial charge in [0, 0.05) is 5.69 Å². The predicted molar refractivity (Wildman–Crippen MR) is 71.6 cm³/mol. The maximum absolute atomic E-state index is 11.3. The summed E-state index contributed by atoms with van der Waals surface area (Å²) >= 11 is 0. The number of aryl methyl sites for hydroxylation is 1. The zero-order valence-corrected chi connectivity index (χ0v) is 11.1. The van der Waals surface area contributed by atoms with Gasteiger partial charge in [-0.15, -0.1) is 0 Å². The summed E-state index contributed by atoms with van der Waals surface area (Å²) < 4.78 is 1.62. The van der Waals surface area contributed by atoms with Crippen LogP contribution in [0, 0.1) is 13.8 Å². The number of hydrogen-bond donors (Lipinski definition) is 2. The molecule has 0 aliphatic rings. The molecule has 0 atom stereocenters. The van der Waals surface area contributed by atoms with Crippen molar-refractivity contribution in [2.24, 2.45) is 0 Å². The van der Waals surface area contributed by atoms with E-state index in [1.165, 1.54) is 12.3 Å². The molecule has 0 amide bonds. The average Bonchev–Trinajstić information content (AvgIpc) is 2.64. The summed E-state index contributed by atoms with van der Waals surface area (Å²) in [7, 11) is 0. The number of aromatic carboxylic acids is 1. The van der Waals surface area contributed by atoms with Crippen molar-refractivity contribution in [3.8, 4) is 5.69 Å². The average molecular weight is 260 g/mol. The first-order valence-corrected chi connectivity index (χ1v) is 6.00. The molecule has 0 spiro atoms. The second-order valence-electron chi connectivity index (χ2n) is 4.35. The van der Waals surface area contributed by atoms with Crippen molar-refractivity contribution in [3.63, 3.8) is 0 Å². The number of nitrogens with two attached hydrogens (primary N) is 1. The zero-order valence-electron chi connectivity index (χ0n) is 11.1. The van der Waals surface area contributed by atoms with Crippen LogP contribution in [0.1, 0.15) is 34.2 Å². The molecule has 0 bridgehead atoms. The molecule has 2 heterocycles. The molecule has 0 saturated carbocycles. The van der Waals surface area contributed by atoms with E-state index in [0.717, 1.165) is 23.4 Å². The fraction of sp³-hybridized carbons (Fsp3) is 0.308. The molecule has 0 unspecified atom stereocenters. The van der Waals surface area contributed by atoms with Crippen LogP contribution in [-0.2, 0) is 6.42 Å². The molecular formula is C13H16N4O2. The van der Waals surface area contributed by atoms with E-state index in [1.54, 1.807) is 4.68 Å². The SMILES string of the molecule is CCc1c(C)nn(-c2cnc(N)cc2C(=O)O)c1C. The predicted octanol–water partition coefficient (Wildman–Crippen LogP) is 1.73. The molecule has 0 aliphatic carbocycles. The summed E-state index contributed by atoms with van der Waals surface area (Å²) in [5.41, 5.74) is 9.01. The zero-order chi connectivity index (χ0) is 14.2. The second kappa shape index (κ2) is 4.72. The van der Waals surface area contributed by atoms with E-state index in [1.807, 2.05) is 20.8 Å². The smallest absolute Gasteiger partial charge is 0.338 e. The molecule has 0 fully saturated rings. The molecule has 0 radical (unpaired) electrons. The van der Waals surface area contributed by atoms with E-state index in [0.29, 0.717) is 5.69 Å². The fourth-order valence-electron chi connectivity index (χ4n) is 2.23. The number of carboxylic acids is 1. The quantitative estimate of drug-likeness (QED) is 0.876. The molecule has 0 saturated heterocycles. The van der Waals surface area contributed by atoms with Gasteiger partial charge < -0.3 is 10.8 Å². The van der Waals surface area contributed by atoms with Gasteiger partial charge in [-0.25, -0.2) is 14.5 Å². The van der Waals surface area contributed by atoms with Gasteiger partial charge in [0.15, 0.2) is 0 Å². The number of carbonyl (C=O) groups is 1. The normalized spacial score (nSPS) is 10.7. The maximum atomic E-state index is 11.3. The third-order valence-corrected chi connectivity index (χ3v) is 3.16. The summed E-state index contributed by atoms with van der Waals surface area (Å²) in [6.45, 7) is 5.87. The standard InChI is InChI=1S/C13H16N4O2/c1-4-9-7(2)16-17(8(9)3)11-6-15-12(14)5-10(11)13(18)19/h5-6H,4H2,1-3H3,(H2,14,15)(H,18,19). The second-order valence-corrected chi connectivity index (χ2v) is 4.35. The van der Waals surface area contributed by atoms with Crippen LogP contribution in [0.25, 0.3) is 5.69 Å². The van der Waals surface area contributed by atoms with E-state index < -0.39 is 5.97 Å². The van der Waals surface area contributed by atoms with Crippen LogP contribution in [0.5, 0.6) is 0 Å². The highest BCUT2D eigenvalue weighted by Gasteiger charge is 2.18. The number of carboxylic acid groups (broad SMARTS) is 1. The minimum atomic E-state index is -1.05. The Morgan fingerprint density at radius 2 is 2.16 bits per heavy atom. The highest BCUT2D eigenvalue weighted by Crippen LogP contribution is 2.21. The number of aromatic nitrogens is 3. The van der Waals surface area contributed by atoms with Crippen LogP contribution in [-0.4, -0.2) is 25.8 Å². The molecule has 100 valence electrons. The molecular weight excluding hydrogens is 244 g/mol. The molecule has 0 aliphatic heterocycles. The van der Waals surface area contributed by atoms with Gasteiger partial charge in [-0.05, 0) is 31.9 Å². The van der Waals surface area contributed by atoms with Gasteiger partial charge in [-0.2, -0.15) is 5.10 Å². The van der Waals surface area contributed by atoms with Gasteiger partial charge in [-0.3, -0.25) is 0 Å². The van der Waals surface area contributed by atoms with Crippen molar-refractivity contribution >= 4 is 11.8 Å². The number of anilines is 1. The van der Waals surface area contributed by atoms with Gasteiger partial charge in [0.05, 0.1) is 23.1 Å². The summed E-state index contributed by atoms with van der Waals surface area (Å²) in [5, 5.41) is 13.6. The highest BCUT2D eigenvalue weighted by molar-refractivity contribution is 5.92. The molecule has 3 N–H and O–H groups in total. The first-order chi connectivity index (χ1) is 8.95. The number of hydrogen-bond acceptors (Lipinski definition) is 4. The largest absolute Gasteiger partial charge is 0.478 e. The molecule has 6 heteroatoms. The molecule has 2 aromatic heterocycles. The Balaban J connectivity index is 2.69. The van der Waals surface area contributed by atoms with E-state index in [-0.39, 0.29) is 11.4 Å². The Bertz CT molecular complexity index is 646. The lowest BCUT2D eigenvalue weighted by molar-refractivity contribution is 0.0696. The number of rotatable bonds is 3. The first-order valence-electron chi connectivity index (χ1n) is 6.00. The van der Waals surface area contributed by atoms with Crippen molar-refractivity contribution in [3.05, 3.63) is 34.8 Å². The van der Waals surface area contributed by atoms with Gasteiger partial charge in [0.2, 0.25) is 0 Å². The van der Waals surface area contributed by atoms with Gasteiger partial charge >= 0.3 is 5.97 Å². The summed E-state index contributed by atoms with van der Waals surface area (Å²) in [6.07, 6.45) is 2.29. The van der Waals surface area contributed by atoms with E-state index >= 15 is 0 Å². The van der Waals surface area contributed by atoms with Crippen LogP contribution in [0.15, 0.2) is 12.3 Å². The van der Waals surface area contributed by atoms with Gasteiger partial charge in [0.25, 0.3) is 0 Å². The number of nitrogen functional groups attached to an aromatic ring is 1. The first kappa shape index (κ1) is 13.1. The van der Waals surface area contributed by atoms with Crippen molar-refractivity contribution in [2.45, 2.75) is 27.2 Å². The third-order valence-electron chi connectivity index (χ3n) is 3.16. The highest BCUT2D eigenvalue weighted by atomic mass is 16.4. The van der Waals surface area contributed by atoms with Crippen molar-refractivity contribution in [1.82, 2.24) is 14.8 Å². The summed E-state index contributed by atoms with van der Waals surface area (Å²) in [5.74, 6) is -0.868. The van der Waals surface area contributed by atoms with E-state index in [4.69, 9.17) is 5.73 Å². The van der Waals surface area contributed by atoms with E-state index in [9.17, 15) is 9.90 Å². The molecule has 2 aromatic rings. The minimum Gasteiger partial charge on any atom is -0.478 e. The van der Waals surface area contributed by atoms with Crippen LogP contribution in [0.3, 0.4) is 0 Å². The third kappa shape index (κ3) is 2.16. The molecule has 0 aromatic carbocycles. The fourth-order valence-corrected chi connectivity index (χ4v) is 2.23. The maximum Gasteiger partial charge on any atom is 0.338 e. The Morgan fingerprint density at radius 3 is 2.68 bits per heavy atom. The number of pyridine rings is 1. The van der Waals surface area contributed by atoms with Crippen molar-refractivity contribution in [2.75, 3.05) is 5.73 Å². The van der Waals surface area contributed by atoms with Crippen LogP contribution in [0.4, 0.5) is 5.82 Å². The Kier molecular flexibility index (Phi) is 3.25. The lowest BCUT2D eigenvalue weighted by atomic mass is 10.1. The van der Waals surface area contributed by atoms with Crippen molar-refractivity contribution in [1.29, 1.82) is 0 Å². The monoisotopic (exact) mass is 260 g/mol. The lowest BCUT2D eigenvalue weighted by Crippen LogP contribution is -2.10. The minimum absolute atomic E-state index is 0.0979. The van der Waals surface area contributed by atoms with Gasteiger partial charge in [-0.1, -0.05) is 6.92 Å². The van der Waals surface area contributed by atoms with E-state index in [2.05, 4.69) is 10.1 Å². The molecule has 6 nitrogen and oxygen atoms in total. The topological polar surface area (TPSA) is 94.0 Å². The molecule has 19 heavy (non-hydrogen) atoms. The summed E-state index contributed by atoms with van der Waals surface area (Å²) in [4.78, 5) is 15.3. The van der Waals surface area contributed by atoms with Crippen LogP contribution >= 0.6 is 0 Å². The Labute approximate surface area is 110 Å². The van der Waals surface area contributed by atoms with Crippen LogP contribution in [0.2, 0.25) is 0 Å². The lowest BCUT2D eigenvalue weighted by Gasteiger charge is -2.08. The number of nitrogens with zero attached hydrogens (tertiary/aromatic N) is 3. The molecule has 2 rings (SSSR count). The Hall–Kier alpha value is -2.37. The summed E-state index contributed by atoms with van der Waals surface area (Å²) in [6, 6.07) is 1.35.